The van der Waals surface area contributed by atoms with Crippen LogP contribution in [0, 0.1) is 5.82 Å². The highest BCUT2D eigenvalue weighted by Crippen LogP contribution is 2.40. The van der Waals surface area contributed by atoms with Crippen molar-refractivity contribution in [1.29, 1.82) is 0 Å². The van der Waals surface area contributed by atoms with Crippen LogP contribution in [0.5, 0.6) is 5.75 Å². The van der Waals surface area contributed by atoms with Crippen LogP contribution in [0.1, 0.15) is 5.56 Å². The number of hydrogen-bond donors (Lipinski definition) is 1. The number of methoxy groups -OCH3 is 1. The Morgan fingerprint density at radius 3 is 2.29 bits per heavy atom. The average Bonchev–Trinajstić information content (AvgIpc) is 2.07. The number of nitrogen functional groups attached to an aromatic ring is 1. The van der Waals surface area contributed by atoms with Crippen molar-refractivity contribution < 1.29 is 22.3 Å². The van der Waals surface area contributed by atoms with E-state index in [1.807, 2.05) is 0 Å². The van der Waals surface area contributed by atoms with Crippen molar-refractivity contribution in [1.82, 2.24) is 0 Å². The average molecular weight is 209 g/mol. The lowest BCUT2D eigenvalue weighted by atomic mass is 10.1. The second kappa shape index (κ2) is 3.36. The number of hydrogen-bond acceptors (Lipinski definition) is 2. The molecule has 1 aromatic carbocycles. The van der Waals surface area contributed by atoms with Crippen LogP contribution in [0.25, 0.3) is 0 Å². The molecule has 0 amide bonds. The number of ether oxygens (including phenoxy) is 1. The molecule has 0 aliphatic carbocycles. The van der Waals surface area contributed by atoms with Crippen molar-refractivity contribution in [3.63, 3.8) is 0 Å². The van der Waals surface area contributed by atoms with Gasteiger partial charge >= 0.3 is 6.18 Å². The van der Waals surface area contributed by atoms with E-state index in [0.29, 0.717) is 0 Å². The molecule has 2 nitrogen and oxygen atoms in total. The number of nitrogens with two attached hydrogens (primary N) is 1. The molecular formula is C8H7F4NO. The van der Waals surface area contributed by atoms with Gasteiger partial charge in [-0.3, -0.25) is 0 Å². The molecule has 2 N–H and O–H groups in total. The van der Waals surface area contributed by atoms with Gasteiger partial charge in [-0.2, -0.15) is 13.2 Å². The van der Waals surface area contributed by atoms with Crippen LogP contribution in [0.3, 0.4) is 0 Å². The lowest BCUT2D eigenvalue weighted by molar-refractivity contribution is -0.138. The smallest absolute Gasteiger partial charge is 0.422 e. The molecule has 0 aliphatic rings. The van der Waals surface area contributed by atoms with Crippen molar-refractivity contribution in [2.75, 3.05) is 12.8 Å². The van der Waals surface area contributed by atoms with E-state index in [0.717, 1.165) is 19.2 Å². The minimum absolute atomic E-state index is 0.489. The zero-order valence-electron chi connectivity index (χ0n) is 7.15. The first kappa shape index (κ1) is 10.6. The summed E-state index contributed by atoms with van der Waals surface area (Å²) in [7, 11) is 1.06. The summed E-state index contributed by atoms with van der Waals surface area (Å²) in [6, 6.07) is 1.71. The molecule has 0 aliphatic heterocycles. The summed E-state index contributed by atoms with van der Waals surface area (Å²) < 4.78 is 54.2. The van der Waals surface area contributed by atoms with Crippen LogP contribution in [0.2, 0.25) is 0 Å². The molecule has 78 valence electrons. The molecule has 1 aromatic rings. The quantitative estimate of drug-likeness (QED) is 0.569. The van der Waals surface area contributed by atoms with Gasteiger partial charge in [-0.05, 0) is 12.1 Å². The summed E-state index contributed by atoms with van der Waals surface area (Å²) in [4.78, 5) is 0. The molecule has 0 bridgehead atoms. The highest BCUT2D eigenvalue weighted by atomic mass is 19.4. The predicted molar refractivity (Wildman–Crippen MR) is 42.4 cm³/mol. The third kappa shape index (κ3) is 1.73. The van der Waals surface area contributed by atoms with Gasteiger partial charge in [0.05, 0.1) is 12.8 Å². The fourth-order valence-electron chi connectivity index (χ4n) is 1.04. The fourth-order valence-corrected chi connectivity index (χ4v) is 1.04. The highest BCUT2D eigenvalue weighted by molar-refractivity contribution is 5.56. The van der Waals surface area contributed by atoms with Crippen molar-refractivity contribution in [3.8, 4) is 5.75 Å². The van der Waals surface area contributed by atoms with Gasteiger partial charge in [0.1, 0.15) is 17.1 Å². The van der Waals surface area contributed by atoms with Gasteiger partial charge in [-0.25, -0.2) is 4.39 Å². The van der Waals surface area contributed by atoms with Crippen molar-refractivity contribution in [3.05, 3.63) is 23.5 Å². The number of alkyl halides is 3. The molecule has 6 heteroatoms. The summed E-state index contributed by atoms with van der Waals surface area (Å²) in [5.74, 6) is -1.60. The molecule has 0 saturated carbocycles. The Morgan fingerprint density at radius 2 is 1.86 bits per heavy atom. The molecule has 0 fully saturated rings. The molecule has 0 spiro atoms. The van der Waals surface area contributed by atoms with Gasteiger partial charge in [0.2, 0.25) is 0 Å². The first-order valence-corrected chi connectivity index (χ1v) is 3.57. The Kier molecular flexibility index (Phi) is 2.55. The molecule has 0 saturated heterocycles. The van der Waals surface area contributed by atoms with E-state index in [1.165, 1.54) is 0 Å². The monoisotopic (exact) mass is 209 g/mol. The maximum Gasteiger partial charge on any atom is 0.422 e. The summed E-state index contributed by atoms with van der Waals surface area (Å²) in [6.07, 6.45) is -4.72. The molecular weight excluding hydrogens is 202 g/mol. The number of halogens is 4. The van der Waals surface area contributed by atoms with Gasteiger partial charge in [0.15, 0.2) is 0 Å². The fraction of sp³-hybridized carbons (Fsp3) is 0.250. The zero-order chi connectivity index (χ0) is 10.9. The molecule has 0 radical (unpaired) electrons. The first-order valence-electron chi connectivity index (χ1n) is 3.57. The van der Waals surface area contributed by atoms with Gasteiger partial charge in [0, 0.05) is 0 Å². The minimum Gasteiger partial charge on any atom is -0.496 e. The maximum atomic E-state index is 12.7. The van der Waals surface area contributed by atoms with Crippen molar-refractivity contribution in [2.24, 2.45) is 0 Å². The predicted octanol–water partition coefficient (Wildman–Crippen LogP) is 2.44. The van der Waals surface area contributed by atoms with E-state index >= 15 is 0 Å². The molecule has 0 aromatic heterocycles. The first-order chi connectivity index (χ1) is 6.38. The van der Waals surface area contributed by atoms with E-state index in [4.69, 9.17) is 5.73 Å². The molecule has 1 rings (SSSR count). The Hall–Kier alpha value is -1.46. The van der Waals surface area contributed by atoms with Gasteiger partial charge in [-0.1, -0.05) is 0 Å². The minimum atomic E-state index is -4.72. The molecule has 14 heavy (non-hydrogen) atoms. The van der Waals surface area contributed by atoms with Crippen molar-refractivity contribution >= 4 is 5.69 Å². The summed E-state index contributed by atoms with van der Waals surface area (Å²) in [5.41, 5.74) is 2.74. The standard InChI is InChI=1S/C8H7F4NO/c1-14-5-3-2-4(9)7(13)6(5)8(10,11)12/h2-3H,13H2,1H3. The lowest BCUT2D eigenvalue weighted by Crippen LogP contribution is -2.12. The van der Waals surface area contributed by atoms with Crippen LogP contribution in [-0.4, -0.2) is 7.11 Å². The van der Waals surface area contributed by atoms with Crippen LogP contribution in [-0.2, 0) is 6.18 Å². The number of benzene rings is 1. The Balaban J connectivity index is 3.44. The van der Waals surface area contributed by atoms with Crippen LogP contribution >= 0.6 is 0 Å². The normalized spacial score (nSPS) is 11.5. The summed E-state index contributed by atoms with van der Waals surface area (Å²) in [6.45, 7) is 0. The van der Waals surface area contributed by atoms with Gasteiger partial charge in [0.25, 0.3) is 0 Å². The van der Waals surface area contributed by atoms with Crippen molar-refractivity contribution in [2.45, 2.75) is 6.18 Å². The lowest BCUT2D eigenvalue weighted by Gasteiger charge is -2.14. The largest absolute Gasteiger partial charge is 0.496 e. The molecule has 0 unspecified atom stereocenters. The molecule has 0 heterocycles. The van der Waals surface area contributed by atoms with E-state index in [1.54, 1.807) is 0 Å². The summed E-state index contributed by atoms with van der Waals surface area (Å²) >= 11 is 0. The summed E-state index contributed by atoms with van der Waals surface area (Å²) in [5, 5.41) is 0. The second-order valence-corrected chi connectivity index (χ2v) is 2.54. The topological polar surface area (TPSA) is 35.2 Å². The van der Waals surface area contributed by atoms with Gasteiger partial charge in [-0.15, -0.1) is 0 Å². The van der Waals surface area contributed by atoms with Crippen LogP contribution < -0.4 is 10.5 Å². The van der Waals surface area contributed by atoms with E-state index in [2.05, 4.69) is 4.74 Å². The van der Waals surface area contributed by atoms with E-state index in [-0.39, 0.29) is 0 Å². The third-order valence-corrected chi connectivity index (χ3v) is 1.66. The zero-order valence-corrected chi connectivity index (χ0v) is 7.15. The number of rotatable bonds is 1. The Labute approximate surface area is 77.3 Å². The SMILES string of the molecule is COc1ccc(F)c(N)c1C(F)(F)F. The van der Waals surface area contributed by atoms with Gasteiger partial charge < -0.3 is 10.5 Å². The Morgan fingerprint density at radius 1 is 1.29 bits per heavy atom. The number of anilines is 1. The van der Waals surface area contributed by atoms with Crippen LogP contribution in [0.4, 0.5) is 23.2 Å². The molecule has 0 atom stereocenters. The third-order valence-electron chi connectivity index (χ3n) is 1.66. The van der Waals surface area contributed by atoms with Crippen LogP contribution in [0.15, 0.2) is 12.1 Å². The second-order valence-electron chi connectivity index (χ2n) is 2.54. The van der Waals surface area contributed by atoms with E-state index in [9.17, 15) is 17.6 Å². The highest BCUT2D eigenvalue weighted by Gasteiger charge is 2.37. The van der Waals surface area contributed by atoms with E-state index < -0.39 is 29.0 Å². The Bertz CT molecular complexity index is 348. The maximum absolute atomic E-state index is 12.7.